The highest BCUT2D eigenvalue weighted by molar-refractivity contribution is 9.10. The molecule has 110 valence electrons. The van der Waals surface area contributed by atoms with Crippen molar-refractivity contribution in [3.8, 4) is 0 Å². The number of nitrogens with zero attached hydrogens (tertiary/aromatic N) is 1. The zero-order valence-electron chi connectivity index (χ0n) is 12.5. The van der Waals surface area contributed by atoms with E-state index in [1.165, 1.54) is 11.1 Å². The third kappa shape index (κ3) is 3.64. The van der Waals surface area contributed by atoms with Crippen molar-refractivity contribution < 1.29 is 4.79 Å². The molecule has 0 aliphatic carbocycles. The molecule has 0 heterocycles. The SMILES string of the molecule is Cc1ccc(CN(C)C(=O)c2ccc(N)c(Br)c2)c(C)c1. The van der Waals surface area contributed by atoms with Gasteiger partial charge < -0.3 is 10.6 Å². The topological polar surface area (TPSA) is 46.3 Å². The number of anilines is 1. The minimum absolute atomic E-state index is 0.0179. The first-order chi connectivity index (χ1) is 9.88. The van der Waals surface area contributed by atoms with E-state index in [1.54, 1.807) is 23.1 Å². The summed E-state index contributed by atoms with van der Waals surface area (Å²) >= 11 is 3.35. The van der Waals surface area contributed by atoms with E-state index >= 15 is 0 Å². The van der Waals surface area contributed by atoms with E-state index in [0.717, 1.165) is 10.0 Å². The zero-order chi connectivity index (χ0) is 15.6. The Bertz CT molecular complexity index is 682. The monoisotopic (exact) mass is 346 g/mol. The maximum Gasteiger partial charge on any atom is 0.253 e. The van der Waals surface area contributed by atoms with Gasteiger partial charge in [-0.3, -0.25) is 4.79 Å². The first kappa shape index (κ1) is 15.6. The Morgan fingerprint density at radius 3 is 2.52 bits per heavy atom. The lowest BCUT2D eigenvalue weighted by Gasteiger charge is -2.19. The van der Waals surface area contributed by atoms with Gasteiger partial charge in [-0.05, 0) is 59.1 Å². The van der Waals surface area contributed by atoms with Gasteiger partial charge in [-0.2, -0.15) is 0 Å². The standard InChI is InChI=1S/C17H19BrN2O/c1-11-4-5-14(12(2)8-11)10-20(3)17(21)13-6-7-16(19)15(18)9-13/h4-9H,10,19H2,1-3H3. The van der Waals surface area contributed by atoms with Gasteiger partial charge in [-0.1, -0.05) is 23.8 Å². The van der Waals surface area contributed by atoms with Crippen LogP contribution in [-0.2, 0) is 6.54 Å². The summed E-state index contributed by atoms with van der Waals surface area (Å²) in [5, 5.41) is 0. The number of carbonyl (C=O) groups is 1. The lowest BCUT2D eigenvalue weighted by molar-refractivity contribution is 0.0785. The molecule has 2 aromatic carbocycles. The lowest BCUT2D eigenvalue weighted by Crippen LogP contribution is -2.26. The zero-order valence-corrected chi connectivity index (χ0v) is 14.1. The number of halogens is 1. The summed E-state index contributed by atoms with van der Waals surface area (Å²) < 4.78 is 0.744. The Balaban J connectivity index is 2.17. The average molecular weight is 347 g/mol. The molecular weight excluding hydrogens is 328 g/mol. The van der Waals surface area contributed by atoms with Crippen molar-refractivity contribution in [3.05, 3.63) is 63.1 Å². The first-order valence-electron chi connectivity index (χ1n) is 6.75. The molecule has 0 aliphatic heterocycles. The van der Waals surface area contributed by atoms with E-state index < -0.39 is 0 Å². The summed E-state index contributed by atoms with van der Waals surface area (Å²) in [6.07, 6.45) is 0. The lowest BCUT2D eigenvalue weighted by atomic mass is 10.1. The maximum atomic E-state index is 12.5. The van der Waals surface area contributed by atoms with E-state index in [4.69, 9.17) is 5.73 Å². The van der Waals surface area contributed by atoms with Gasteiger partial charge in [-0.25, -0.2) is 0 Å². The fraction of sp³-hybridized carbons (Fsp3) is 0.235. The molecule has 0 unspecified atom stereocenters. The molecular formula is C17H19BrN2O. The first-order valence-corrected chi connectivity index (χ1v) is 7.54. The van der Waals surface area contributed by atoms with Crippen molar-refractivity contribution >= 4 is 27.5 Å². The van der Waals surface area contributed by atoms with Crippen molar-refractivity contribution in [2.45, 2.75) is 20.4 Å². The average Bonchev–Trinajstić information content (AvgIpc) is 2.44. The summed E-state index contributed by atoms with van der Waals surface area (Å²) in [4.78, 5) is 14.2. The van der Waals surface area contributed by atoms with Gasteiger partial charge in [0.15, 0.2) is 0 Å². The molecule has 0 aromatic heterocycles. The van der Waals surface area contributed by atoms with Crippen LogP contribution in [0.1, 0.15) is 27.0 Å². The highest BCUT2D eigenvalue weighted by Gasteiger charge is 2.14. The molecule has 0 saturated carbocycles. The Kier molecular flexibility index (Phi) is 4.68. The molecule has 2 N–H and O–H groups in total. The number of amides is 1. The summed E-state index contributed by atoms with van der Waals surface area (Å²) in [5.41, 5.74) is 10.6. The predicted molar refractivity (Wildman–Crippen MR) is 90.3 cm³/mol. The maximum absolute atomic E-state index is 12.5. The molecule has 2 rings (SSSR count). The van der Waals surface area contributed by atoms with Gasteiger partial charge >= 0.3 is 0 Å². The van der Waals surface area contributed by atoms with E-state index in [0.29, 0.717) is 17.8 Å². The molecule has 1 amide bonds. The minimum Gasteiger partial charge on any atom is -0.398 e. The largest absolute Gasteiger partial charge is 0.398 e. The van der Waals surface area contributed by atoms with E-state index in [-0.39, 0.29) is 5.91 Å². The number of hydrogen-bond donors (Lipinski definition) is 1. The fourth-order valence-corrected chi connectivity index (χ4v) is 2.61. The second-order valence-electron chi connectivity index (χ2n) is 5.33. The summed E-state index contributed by atoms with van der Waals surface area (Å²) in [6.45, 7) is 4.73. The molecule has 0 aliphatic rings. The van der Waals surface area contributed by atoms with Crippen LogP contribution in [-0.4, -0.2) is 17.9 Å². The van der Waals surface area contributed by atoms with Crippen LogP contribution in [0.2, 0.25) is 0 Å². The molecule has 2 aromatic rings. The quantitative estimate of drug-likeness (QED) is 0.856. The van der Waals surface area contributed by atoms with Gasteiger partial charge in [0.2, 0.25) is 0 Å². The summed E-state index contributed by atoms with van der Waals surface area (Å²) in [7, 11) is 1.81. The predicted octanol–water partition coefficient (Wildman–Crippen LogP) is 3.92. The Morgan fingerprint density at radius 1 is 1.19 bits per heavy atom. The molecule has 0 atom stereocenters. The molecule has 0 radical (unpaired) electrons. The fourth-order valence-electron chi connectivity index (χ4n) is 2.23. The Labute approximate surface area is 133 Å². The highest BCUT2D eigenvalue weighted by atomic mass is 79.9. The van der Waals surface area contributed by atoms with Gasteiger partial charge in [0.1, 0.15) is 0 Å². The molecule has 4 heteroatoms. The van der Waals surface area contributed by atoms with Crippen LogP contribution in [0.15, 0.2) is 40.9 Å². The van der Waals surface area contributed by atoms with Crippen molar-refractivity contribution in [2.24, 2.45) is 0 Å². The van der Waals surface area contributed by atoms with Crippen LogP contribution in [0, 0.1) is 13.8 Å². The number of rotatable bonds is 3. The van der Waals surface area contributed by atoms with Crippen molar-refractivity contribution in [3.63, 3.8) is 0 Å². The number of benzene rings is 2. The Morgan fingerprint density at radius 2 is 1.90 bits per heavy atom. The second kappa shape index (κ2) is 6.31. The molecule has 0 fully saturated rings. The minimum atomic E-state index is -0.0179. The van der Waals surface area contributed by atoms with Crippen LogP contribution in [0.25, 0.3) is 0 Å². The smallest absolute Gasteiger partial charge is 0.253 e. The summed E-state index contributed by atoms with van der Waals surface area (Å²) in [5.74, 6) is -0.0179. The van der Waals surface area contributed by atoms with Crippen LogP contribution in [0.5, 0.6) is 0 Å². The normalized spacial score (nSPS) is 10.5. The number of nitrogen functional groups attached to an aromatic ring is 1. The van der Waals surface area contributed by atoms with Gasteiger partial charge in [-0.15, -0.1) is 0 Å². The van der Waals surface area contributed by atoms with Gasteiger partial charge in [0, 0.05) is 29.3 Å². The van der Waals surface area contributed by atoms with E-state index in [1.807, 2.05) is 7.05 Å². The highest BCUT2D eigenvalue weighted by Crippen LogP contribution is 2.21. The molecule has 0 bridgehead atoms. The third-order valence-corrected chi connectivity index (χ3v) is 4.19. The third-order valence-electron chi connectivity index (χ3n) is 3.50. The Hall–Kier alpha value is -1.81. The van der Waals surface area contributed by atoms with Gasteiger partial charge in [0.05, 0.1) is 0 Å². The number of aryl methyl sites for hydroxylation is 2. The van der Waals surface area contributed by atoms with Crippen LogP contribution >= 0.6 is 15.9 Å². The van der Waals surface area contributed by atoms with Crippen molar-refractivity contribution in [2.75, 3.05) is 12.8 Å². The van der Waals surface area contributed by atoms with Crippen molar-refractivity contribution in [1.82, 2.24) is 4.90 Å². The summed E-state index contributed by atoms with van der Waals surface area (Å²) in [6, 6.07) is 11.5. The van der Waals surface area contributed by atoms with Crippen LogP contribution < -0.4 is 5.73 Å². The van der Waals surface area contributed by atoms with Crippen LogP contribution in [0.3, 0.4) is 0 Å². The van der Waals surface area contributed by atoms with Gasteiger partial charge in [0.25, 0.3) is 5.91 Å². The molecule has 3 nitrogen and oxygen atoms in total. The number of nitrogens with two attached hydrogens (primary N) is 1. The molecule has 21 heavy (non-hydrogen) atoms. The second-order valence-corrected chi connectivity index (χ2v) is 6.18. The molecule has 0 saturated heterocycles. The number of hydrogen-bond acceptors (Lipinski definition) is 2. The van der Waals surface area contributed by atoms with Crippen LogP contribution in [0.4, 0.5) is 5.69 Å². The number of carbonyl (C=O) groups excluding carboxylic acids is 1. The van der Waals surface area contributed by atoms with E-state index in [9.17, 15) is 4.79 Å². The van der Waals surface area contributed by atoms with E-state index in [2.05, 4.69) is 48.0 Å². The van der Waals surface area contributed by atoms with Crippen molar-refractivity contribution in [1.29, 1.82) is 0 Å². The molecule has 0 spiro atoms.